The van der Waals surface area contributed by atoms with Crippen LogP contribution in [0.15, 0.2) is 24.3 Å². The highest BCUT2D eigenvalue weighted by Gasteiger charge is 2.26. The van der Waals surface area contributed by atoms with Crippen molar-refractivity contribution in [1.82, 2.24) is 10.2 Å². The molecule has 2 atom stereocenters. The second-order valence-corrected chi connectivity index (χ2v) is 6.43. The summed E-state index contributed by atoms with van der Waals surface area (Å²) in [6.45, 7) is 9.34. The Bertz CT molecular complexity index is 469. The van der Waals surface area contributed by atoms with Gasteiger partial charge in [-0.15, -0.1) is 12.4 Å². The Morgan fingerprint density at radius 2 is 2.00 bits per heavy atom. The average molecular weight is 339 g/mol. The van der Waals surface area contributed by atoms with Gasteiger partial charge in [0.05, 0.1) is 0 Å². The highest BCUT2D eigenvalue weighted by Crippen LogP contribution is 2.22. The number of benzene rings is 1. The zero-order valence-corrected chi connectivity index (χ0v) is 15.5. The molecule has 23 heavy (non-hydrogen) atoms. The Kier molecular flexibility index (Phi) is 8.64. The Morgan fingerprint density at radius 1 is 1.30 bits per heavy atom. The van der Waals surface area contributed by atoms with Crippen molar-refractivity contribution >= 4 is 18.3 Å². The molecule has 0 radical (unpaired) electrons. The molecular weight excluding hydrogens is 308 g/mol. The van der Waals surface area contributed by atoms with Gasteiger partial charge in [0.2, 0.25) is 5.91 Å². The van der Waals surface area contributed by atoms with E-state index in [1.54, 1.807) is 0 Å². The van der Waals surface area contributed by atoms with Crippen molar-refractivity contribution in [2.24, 2.45) is 0 Å². The van der Waals surface area contributed by atoms with Gasteiger partial charge < -0.3 is 10.2 Å². The topological polar surface area (TPSA) is 32.3 Å². The number of carbonyl (C=O) groups is 1. The Morgan fingerprint density at radius 3 is 2.52 bits per heavy atom. The van der Waals surface area contributed by atoms with Gasteiger partial charge in [0.1, 0.15) is 0 Å². The number of rotatable bonds is 7. The van der Waals surface area contributed by atoms with Crippen LogP contribution in [0.25, 0.3) is 0 Å². The fourth-order valence-corrected chi connectivity index (χ4v) is 3.24. The fourth-order valence-electron chi connectivity index (χ4n) is 3.24. The lowest BCUT2D eigenvalue weighted by atomic mass is 9.95. The molecular formula is C19H31ClN2O. The second-order valence-electron chi connectivity index (χ2n) is 6.43. The van der Waals surface area contributed by atoms with Crippen LogP contribution in [0.3, 0.4) is 0 Å². The molecule has 1 fully saturated rings. The molecule has 2 rings (SSSR count). The number of carbonyl (C=O) groups excluding carboxylic acids is 1. The number of amides is 1. The molecule has 4 heteroatoms. The number of hydrogen-bond acceptors (Lipinski definition) is 2. The summed E-state index contributed by atoms with van der Waals surface area (Å²) in [5.74, 6) is 0.592. The van der Waals surface area contributed by atoms with Crippen LogP contribution in [0.4, 0.5) is 0 Å². The van der Waals surface area contributed by atoms with E-state index >= 15 is 0 Å². The summed E-state index contributed by atoms with van der Waals surface area (Å²) in [5, 5.41) is 3.37. The molecule has 1 aromatic carbocycles. The predicted molar refractivity (Wildman–Crippen MR) is 99.4 cm³/mol. The summed E-state index contributed by atoms with van der Waals surface area (Å²) >= 11 is 0. The summed E-state index contributed by atoms with van der Waals surface area (Å²) in [4.78, 5) is 14.8. The van der Waals surface area contributed by atoms with Gasteiger partial charge in [0, 0.05) is 25.6 Å². The molecule has 1 N–H and O–H groups in total. The lowest BCUT2D eigenvalue weighted by Crippen LogP contribution is -2.42. The molecule has 0 bridgehead atoms. The van der Waals surface area contributed by atoms with Crippen molar-refractivity contribution < 1.29 is 4.79 Å². The van der Waals surface area contributed by atoms with Crippen LogP contribution in [0.5, 0.6) is 0 Å². The van der Waals surface area contributed by atoms with Crippen molar-refractivity contribution in [3.8, 4) is 0 Å². The van der Waals surface area contributed by atoms with Crippen LogP contribution in [0, 0.1) is 0 Å². The first-order valence-electron chi connectivity index (χ1n) is 8.74. The maximum atomic E-state index is 12.7. The minimum absolute atomic E-state index is 0. The maximum absolute atomic E-state index is 12.7. The summed E-state index contributed by atoms with van der Waals surface area (Å²) < 4.78 is 0. The van der Waals surface area contributed by atoms with E-state index in [1.165, 1.54) is 11.1 Å². The smallest absolute Gasteiger partial charge is 0.223 e. The van der Waals surface area contributed by atoms with Gasteiger partial charge in [-0.05, 0) is 42.9 Å². The molecule has 0 spiro atoms. The molecule has 1 aliphatic rings. The zero-order valence-electron chi connectivity index (χ0n) is 14.7. The van der Waals surface area contributed by atoms with Crippen LogP contribution in [-0.4, -0.2) is 36.5 Å². The molecule has 1 aromatic rings. The molecule has 0 aromatic heterocycles. The molecule has 1 saturated heterocycles. The highest BCUT2D eigenvalue weighted by molar-refractivity contribution is 5.85. The van der Waals surface area contributed by atoms with Gasteiger partial charge in [0.25, 0.3) is 0 Å². The Balaban J connectivity index is 0.00000264. The van der Waals surface area contributed by atoms with Crippen molar-refractivity contribution in [3.05, 3.63) is 35.4 Å². The standard InChI is InChI=1S/C19H30N2O.ClH/c1-4-12-21(18-10-11-20-14-18)19(22)13-15(3)17-8-6-16(5-2)7-9-17;/h6-9,15,18,20H,4-5,10-14H2,1-3H3;1H. The van der Waals surface area contributed by atoms with Crippen molar-refractivity contribution in [1.29, 1.82) is 0 Å². The van der Waals surface area contributed by atoms with Crippen LogP contribution in [0.1, 0.15) is 57.1 Å². The molecule has 130 valence electrons. The van der Waals surface area contributed by atoms with Gasteiger partial charge in [-0.1, -0.05) is 45.0 Å². The first-order chi connectivity index (χ1) is 10.7. The third kappa shape index (κ3) is 5.50. The van der Waals surface area contributed by atoms with E-state index < -0.39 is 0 Å². The summed E-state index contributed by atoms with van der Waals surface area (Å²) in [7, 11) is 0. The normalized spacial score (nSPS) is 18.3. The molecule has 1 heterocycles. The van der Waals surface area contributed by atoms with E-state index in [1.807, 2.05) is 0 Å². The Hall–Kier alpha value is -1.06. The van der Waals surface area contributed by atoms with E-state index in [0.717, 1.165) is 38.9 Å². The summed E-state index contributed by atoms with van der Waals surface area (Å²) in [6, 6.07) is 9.11. The molecule has 0 saturated carbocycles. The number of aryl methyl sites for hydroxylation is 1. The quantitative estimate of drug-likeness (QED) is 0.820. The van der Waals surface area contributed by atoms with Crippen LogP contribution < -0.4 is 5.32 Å². The van der Waals surface area contributed by atoms with Gasteiger partial charge in [0.15, 0.2) is 0 Å². The summed E-state index contributed by atoms with van der Waals surface area (Å²) in [6.07, 6.45) is 3.79. The Labute approximate surface area is 147 Å². The third-order valence-electron chi connectivity index (χ3n) is 4.70. The summed E-state index contributed by atoms with van der Waals surface area (Å²) in [5.41, 5.74) is 2.62. The first kappa shape index (κ1) is 20.0. The minimum atomic E-state index is 0. The van der Waals surface area contributed by atoms with Crippen LogP contribution in [-0.2, 0) is 11.2 Å². The molecule has 0 aliphatic carbocycles. The van der Waals surface area contributed by atoms with Crippen LogP contribution in [0.2, 0.25) is 0 Å². The van der Waals surface area contributed by atoms with Crippen molar-refractivity contribution in [2.45, 2.75) is 58.4 Å². The number of nitrogens with zero attached hydrogens (tertiary/aromatic N) is 1. The molecule has 3 nitrogen and oxygen atoms in total. The van der Waals surface area contributed by atoms with Crippen LogP contribution >= 0.6 is 12.4 Å². The van der Waals surface area contributed by atoms with Gasteiger partial charge in [-0.2, -0.15) is 0 Å². The lowest BCUT2D eigenvalue weighted by molar-refractivity contribution is -0.133. The SMILES string of the molecule is CCCN(C(=O)CC(C)c1ccc(CC)cc1)C1CCNC1.Cl. The first-order valence-corrected chi connectivity index (χ1v) is 8.74. The second kappa shape index (κ2) is 9.94. The third-order valence-corrected chi connectivity index (χ3v) is 4.70. The molecule has 1 amide bonds. The van der Waals surface area contributed by atoms with Crippen molar-refractivity contribution in [3.63, 3.8) is 0 Å². The fraction of sp³-hybridized carbons (Fsp3) is 0.632. The molecule has 2 unspecified atom stereocenters. The zero-order chi connectivity index (χ0) is 15.9. The minimum Gasteiger partial charge on any atom is -0.338 e. The number of halogens is 1. The predicted octanol–water partition coefficient (Wildman–Crippen LogP) is 3.76. The van der Waals surface area contributed by atoms with E-state index in [9.17, 15) is 4.79 Å². The number of nitrogens with one attached hydrogen (secondary N) is 1. The molecule has 1 aliphatic heterocycles. The largest absolute Gasteiger partial charge is 0.338 e. The maximum Gasteiger partial charge on any atom is 0.223 e. The number of hydrogen-bond donors (Lipinski definition) is 1. The van der Waals surface area contributed by atoms with Gasteiger partial charge in [-0.3, -0.25) is 4.79 Å². The van der Waals surface area contributed by atoms with Gasteiger partial charge >= 0.3 is 0 Å². The van der Waals surface area contributed by atoms with E-state index in [2.05, 4.69) is 55.3 Å². The van der Waals surface area contributed by atoms with E-state index in [0.29, 0.717) is 18.4 Å². The van der Waals surface area contributed by atoms with Crippen molar-refractivity contribution in [2.75, 3.05) is 19.6 Å². The van der Waals surface area contributed by atoms with E-state index in [-0.39, 0.29) is 18.3 Å². The average Bonchev–Trinajstić information content (AvgIpc) is 3.06. The lowest BCUT2D eigenvalue weighted by Gasteiger charge is -2.29. The van der Waals surface area contributed by atoms with E-state index in [4.69, 9.17) is 0 Å². The van der Waals surface area contributed by atoms with Gasteiger partial charge in [-0.25, -0.2) is 0 Å². The monoisotopic (exact) mass is 338 g/mol. The highest BCUT2D eigenvalue weighted by atomic mass is 35.5.